The second kappa shape index (κ2) is 8.02. The van der Waals surface area contributed by atoms with Gasteiger partial charge in [-0.3, -0.25) is 25.0 Å². The van der Waals surface area contributed by atoms with Crippen LogP contribution < -0.4 is 0 Å². The first kappa shape index (κ1) is 20.5. The number of halogens is 1. The van der Waals surface area contributed by atoms with Crippen molar-refractivity contribution in [3.8, 4) is 0 Å². The molecule has 1 aromatic heterocycles. The van der Waals surface area contributed by atoms with Gasteiger partial charge in [-0.25, -0.2) is 0 Å². The molecule has 9 nitrogen and oxygen atoms in total. The zero-order valence-electron chi connectivity index (χ0n) is 15.2. The van der Waals surface area contributed by atoms with Gasteiger partial charge in [0.1, 0.15) is 5.56 Å². The predicted octanol–water partition coefficient (Wildman–Crippen LogP) is 4.81. The maximum atomic E-state index is 12.9. The van der Waals surface area contributed by atoms with Crippen LogP contribution in [0.3, 0.4) is 0 Å². The predicted molar refractivity (Wildman–Crippen MR) is 107 cm³/mol. The number of benzene rings is 2. The van der Waals surface area contributed by atoms with Crippen LogP contribution in [0.5, 0.6) is 0 Å². The number of rotatable bonds is 5. The Kier molecular flexibility index (Phi) is 5.66. The number of nitro benzene ring substituents is 2. The number of non-ortho nitro benzene ring substituents is 1. The van der Waals surface area contributed by atoms with E-state index >= 15 is 0 Å². The molecule has 0 saturated carbocycles. The first-order chi connectivity index (χ1) is 13.7. The molecular weight excluding hydrogens is 420 g/mol. The summed E-state index contributed by atoms with van der Waals surface area (Å²) in [6.45, 7) is 3.40. The Bertz CT molecular complexity index is 1140. The summed E-state index contributed by atoms with van der Waals surface area (Å²) in [4.78, 5) is 35.2. The van der Waals surface area contributed by atoms with E-state index in [4.69, 9.17) is 11.6 Å². The van der Waals surface area contributed by atoms with Gasteiger partial charge in [0.25, 0.3) is 17.3 Å². The first-order valence-electron chi connectivity index (χ1n) is 8.16. The van der Waals surface area contributed by atoms with Crippen LogP contribution in [0, 0.1) is 34.1 Å². The Labute approximate surface area is 173 Å². The van der Waals surface area contributed by atoms with E-state index in [1.807, 2.05) is 12.1 Å². The third-order valence-electron chi connectivity index (χ3n) is 4.07. The van der Waals surface area contributed by atoms with Crippen molar-refractivity contribution in [2.24, 2.45) is 0 Å². The summed E-state index contributed by atoms with van der Waals surface area (Å²) in [7, 11) is 0. The number of carbonyl (C=O) groups is 1. The summed E-state index contributed by atoms with van der Waals surface area (Å²) >= 11 is 7.28. The molecule has 0 aliphatic heterocycles. The number of nitro groups is 2. The Morgan fingerprint density at radius 1 is 1.07 bits per heavy atom. The second-order valence-electron chi connectivity index (χ2n) is 5.99. The molecule has 0 atom stereocenters. The van der Waals surface area contributed by atoms with Gasteiger partial charge < -0.3 is 0 Å². The lowest BCUT2D eigenvalue weighted by molar-refractivity contribution is -0.394. The van der Waals surface area contributed by atoms with Crippen molar-refractivity contribution in [2.45, 2.75) is 23.6 Å². The van der Waals surface area contributed by atoms with Gasteiger partial charge in [-0.1, -0.05) is 23.4 Å². The highest BCUT2D eigenvalue weighted by atomic mass is 35.5. The minimum absolute atomic E-state index is 0.283. The largest absolute Gasteiger partial charge is 0.289 e. The van der Waals surface area contributed by atoms with E-state index in [1.54, 1.807) is 26.0 Å². The highest BCUT2D eigenvalue weighted by Gasteiger charge is 2.27. The van der Waals surface area contributed by atoms with E-state index in [2.05, 4.69) is 5.10 Å². The summed E-state index contributed by atoms with van der Waals surface area (Å²) in [6, 6.07) is 10.0. The van der Waals surface area contributed by atoms with Crippen molar-refractivity contribution >= 4 is 40.6 Å². The normalized spacial score (nSPS) is 10.7. The molecule has 0 unspecified atom stereocenters. The molecular formula is C18H13ClN4O5S. The van der Waals surface area contributed by atoms with Crippen molar-refractivity contribution < 1.29 is 14.6 Å². The topological polar surface area (TPSA) is 121 Å². The summed E-state index contributed by atoms with van der Waals surface area (Å²) in [5, 5.41) is 27.1. The number of hydrogen-bond donors (Lipinski definition) is 0. The van der Waals surface area contributed by atoms with Gasteiger partial charge in [-0.2, -0.15) is 9.78 Å². The van der Waals surface area contributed by atoms with E-state index in [0.717, 1.165) is 32.7 Å². The van der Waals surface area contributed by atoms with E-state index in [1.165, 1.54) is 11.8 Å². The van der Waals surface area contributed by atoms with Crippen molar-refractivity contribution in [2.75, 3.05) is 0 Å². The Morgan fingerprint density at radius 3 is 2.31 bits per heavy atom. The van der Waals surface area contributed by atoms with Crippen molar-refractivity contribution in [1.29, 1.82) is 0 Å². The van der Waals surface area contributed by atoms with Crippen LogP contribution in [0.4, 0.5) is 11.4 Å². The highest BCUT2D eigenvalue weighted by molar-refractivity contribution is 7.99. The van der Waals surface area contributed by atoms with Gasteiger partial charge in [-0.05, 0) is 44.2 Å². The van der Waals surface area contributed by atoms with Gasteiger partial charge in [0.15, 0.2) is 0 Å². The smallest absolute Gasteiger partial charge is 0.266 e. The van der Waals surface area contributed by atoms with Crippen LogP contribution in [0.2, 0.25) is 5.02 Å². The molecule has 0 saturated heterocycles. The molecule has 0 spiro atoms. The van der Waals surface area contributed by atoms with Gasteiger partial charge in [0, 0.05) is 16.0 Å². The van der Waals surface area contributed by atoms with Gasteiger partial charge in [-0.15, -0.1) is 0 Å². The third-order valence-corrected chi connectivity index (χ3v) is 5.62. The lowest BCUT2D eigenvalue weighted by Gasteiger charge is -2.06. The van der Waals surface area contributed by atoms with E-state index in [9.17, 15) is 25.0 Å². The Balaban J connectivity index is 2.01. The van der Waals surface area contributed by atoms with Gasteiger partial charge >= 0.3 is 0 Å². The van der Waals surface area contributed by atoms with Crippen LogP contribution in [0.15, 0.2) is 52.3 Å². The second-order valence-corrected chi connectivity index (χ2v) is 7.51. The standard InChI is InChI=1S/C18H13ClN4O5S/c1-10-17(29-14-6-3-12(19)4-7-14)11(2)21(20-10)18(24)15-8-5-13(22(25)26)9-16(15)23(27)28/h3-9H,1-2H3. The van der Waals surface area contributed by atoms with E-state index < -0.39 is 27.1 Å². The summed E-state index contributed by atoms with van der Waals surface area (Å²) in [6.07, 6.45) is 0. The quantitative estimate of drug-likeness (QED) is 0.418. The Morgan fingerprint density at radius 2 is 1.72 bits per heavy atom. The number of carbonyl (C=O) groups excluding carboxylic acids is 1. The minimum atomic E-state index is -0.824. The Hall–Kier alpha value is -3.24. The van der Waals surface area contributed by atoms with Gasteiger partial charge in [0.2, 0.25) is 0 Å². The van der Waals surface area contributed by atoms with E-state index in [-0.39, 0.29) is 5.56 Å². The number of nitrogens with zero attached hydrogens (tertiary/aromatic N) is 4. The fourth-order valence-electron chi connectivity index (χ4n) is 2.67. The monoisotopic (exact) mass is 432 g/mol. The maximum Gasteiger partial charge on any atom is 0.289 e. The number of hydrogen-bond acceptors (Lipinski definition) is 7. The lowest BCUT2D eigenvalue weighted by Crippen LogP contribution is -2.17. The molecule has 0 fully saturated rings. The average molecular weight is 433 g/mol. The average Bonchev–Trinajstić information content (AvgIpc) is 2.96. The molecule has 0 aliphatic carbocycles. The zero-order chi connectivity index (χ0) is 21.3. The van der Waals surface area contributed by atoms with Crippen LogP contribution in [-0.4, -0.2) is 25.5 Å². The van der Waals surface area contributed by atoms with Crippen LogP contribution in [0.1, 0.15) is 21.7 Å². The minimum Gasteiger partial charge on any atom is -0.266 e. The summed E-state index contributed by atoms with van der Waals surface area (Å²) < 4.78 is 1.07. The molecule has 0 bridgehead atoms. The summed E-state index contributed by atoms with van der Waals surface area (Å²) in [5.74, 6) is -0.741. The molecule has 3 aromatic rings. The maximum absolute atomic E-state index is 12.9. The molecule has 1 heterocycles. The number of aryl methyl sites for hydroxylation is 1. The molecule has 148 valence electrons. The molecule has 29 heavy (non-hydrogen) atoms. The van der Waals surface area contributed by atoms with Gasteiger partial charge in [0.05, 0.1) is 32.2 Å². The van der Waals surface area contributed by atoms with Crippen LogP contribution in [-0.2, 0) is 0 Å². The fourth-order valence-corrected chi connectivity index (χ4v) is 3.73. The fraction of sp³-hybridized carbons (Fsp3) is 0.111. The first-order valence-corrected chi connectivity index (χ1v) is 9.35. The summed E-state index contributed by atoms with van der Waals surface area (Å²) in [5.41, 5.74) is -0.334. The molecule has 0 aliphatic rings. The van der Waals surface area contributed by atoms with E-state index in [0.29, 0.717) is 16.4 Å². The van der Waals surface area contributed by atoms with Crippen molar-refractivity contribution in [3.05, 3.63) is 84.7 Å². The molecule has 3 rings (SSSR count). The zero-order valence-corrected chi connectivity index (χ0v) is 16.7. The van der Waals surface area contributed by atoms with Crippen molar-refractivity contribution in [1.82, 2.24) is 9.78 Å². The third kappa shape index (κ3) is 4.13. The highest BCUT2D eigenvalue weighted by Crippen LogP contribution is 2.34. The van der Waals surface area contributed by atoms with Crippen molar-refractivity contribution in [3.63, 3.8) is 0 Å². The molecule has 0 N–H and O–H groups in total. The van der Waals surface area contributed by atoms with Crippen LogP contribution in [0.25, 0.3) is 0 Å². The SMILES string of the molecule is Cc1nn(C(=O)c2ccc([N+](=O)[O-])cc2[N+](=O)[O-])c(C)c1Sc1ccc(Cl)cc1. The number of aromatic nitrogens is 2. The lowest BCUT2D eigenvalue weighted by atomic mass is 10.1. The molecule has 0 radical (unpaired) electrons. The molecule has 11 heteroatoms. The van der Waals surface area contributed by atoms with Crippen LogP contribution >= 0.6 is 23.4 Å². The molecule has 0 amide bonds. The molecule has 2 aromatic carbocycles.